The zero-order chi connectivity index (χ0) is 19.8. The van der Waals surface area contributed by atoms with E-state index in [0.717, 1.165) is 10.4 Å². The Balaban J connectivity index is 1.73. The number of rotatable bonds is 5. The molecular weight excluding hydrogens is 421 g/mol. The summed E-state index contributed by atoms with van der Waals surface area (Å²) in [6, 6.07) is 13.8. The maximum absolute atomic E-state index is 12.3. The molecule has 9 heteroatoms. The molecule has 2 aromatic carbocycles. The third-order valence-corrected chi connectivity index (χ3v) is 6.13. The highest BCUT2D eigenvalue weighted by Gasteiger charge is 2.53. The van der Waals surface area contributed by atoms with Crippen LogP contribution in [0, 0.1) is 16.0 Å². The SMILES string of the molecule is O=C(Nc1nc(-c2ccccc2Cl)c(-c2ccccc2Cl)s1)C1CC1[N+](=O)[O-]. The van der Waals surface area contributed by atoms with Crippen LogP contribution in [0.2, 0.25) is 10.0 Å². The molecule has 4 rings (SSSR count). The number of aromatic nitrogens is 1. The lowest BCUT2D eigenvalue weighted by Gasteiger charge is -2.06. The third-order valence-electron chi connectivity index (χ3n) is 4.47. The minimum Gasteiger partial charge on any atom is -0.301 e. The summed E-state index contributed by atoms with van der Waals surface area (Å²) in [6.07, 6.45) is 0.249. The molecule has 0 radical (unpaired) electrons. The van der Waals surface area contributed by atoms with Gasteiger partial charge in [0.15, 0.2) is 5.13 Å². The number of carbonyl (C=O) groups excluding carboxylic acids is 1. The van der Waals surface area contributed by atoms with Gasteiger partial charge in [0.25, 0.3) is 0 Å². The lowest BCUT2D eigenvalue weighted by molar-refractivity contribution is -0.497. The largest absolute Gasteiger partial charge is 0.301 e. The Labute approximate surface area is 174 Å². The van der Waals surface area contributed by atoms with Gasteiger partial charge in [-0.1, -0.05) is 70.9 Å². The fourth-order valence-electron chi connectivity index (χ4n) is 2.93. The van der Waals surface area contributed by atoms with Crippen molar-refractivity contribution in [2.75, 3.05) is 5.32 Å². The first kappa shape index (κ1) is 18.9. The molecule has 142 valence electrons. The molecule has 0 bridgehead atoms. The van der Waals surface area contributed by atoms with E-state index in [9.17, 15) is 14.9 Å². The van der Waals surface area contributed by atoms with E-state index in [-0.39, 0.29) is 6.42 Å². The molecule has 28 heavy (non-hydrogen) atoms. The van der Waals surface area contributed by atoms with E-state index in [1.807, 2.05) is 36.4 Å². The van der Waals surface area contributed by atoms with Crippen molar-refractivity contribution in [3.8, 4) is 21.7 Å². The van der Waals surface area contributed by atoms with Crippen molar-refractivity contribution in [3.05, 3.63) is 68.7 Å². The van der Waals surface area contributed by atoms with Gasteiger partial charge in [-0.25, -0.2) is 4.98 Å². The first-order valence-electron chi connectivity index (χ1n) is 8.40. The minimum absolute atomic E-state index is 0.249. The minimum atomic E-state index is -0.814. The van der Waals surface area contributed by atoms with Crippen molar-refractivity contribution < 1.29 is 9.72 Å². The molecule has 2 atom stereocenters. The summed E-state index contributed by atoms with van der Waals surface area (Å²) >= 11 is 14.0. The van der Waals surface area contributed by atoms with Gasteiger partial charge in [-0.05, 0) is 12.1 Å². The number of hydrogen-bond donors (Lipinski definition) is 1. The summed E-state index contributed by atoms with van der Waals surface area (Å²) in [5, 5.41) is 14.9. The van der Waals surface area contributed by atoms with Gasteiger partial charge in [0.2, 0.25) is 11.9 Å². The number of nitrogens with one attached hydrogen (secondary N) is 1. The summed E-state index contributed by atoms with van der Waals surface area (Å²) in [5.41, 5.74) is 2.08. The summed E-state index contributed by atoms with van der Waals surface area (Å²) in [6.45, 7) is 0. The molecule has 0 saturated heterocycles. The number of nitro groups is 1. The molecule has 1 N–H and O–H groups in total. The topological polar surface area (TPSA) is 85.1 Å². The summed E-state index contributed by atoms with van der Waals surface area (Å²) in [7, 11) is 0. The van der Waals surface area contributed by atoms with E-state index in [4.69, 9.17) is 23.2 Å². The van der Waals surface area contributed by atoms with E-state index in [0.29, 0.717) is 26.4 Å². The predicted octanol–water partition coefficient (Wildman–Crippen LogP) is 5.39. The summed E-state index contributed by atoms with van der Waals surface area (Å²) < 4.78 is 0. The first-order valence-corrected chi connectivity index (χ1v) is 9.98. The van der Waals surface area contributed by atoms with Crippen LogP contribution in [0.1, 0.15) is 6.42 Å². The Morgan fingerprint density at radius 2 is 1.71 bits per heavy atom. The molecular formula is C19H13Cl2N3O3S. The predicted molar refractivity (Wildman–Crippen MR) is 111 cm³/mol. The second-order valence-electron chi connectivity index (χ2n) is 6.34. The van der Waals surface area contributed by atoms with Crippen LogP contribution in [0.4, 0.5) is 5.13 Å². The molecule has 2 unspecified atom stereocenters. The van der Waals surface area contributed by atoms with E-state index >= 15 is 0 Å². The van der Waals surface area contributed by atoms with Crippen LogP contribution in [0.15, 0.2) is 48.5 Å². The summed E-state index contributed by atoms with van der Waals surface area (Å²) in [4.78, 5) is 28.0. The average molecular weight is 434 g/mol. The van der Waals surface area contributed by atoms with Crippen LogP contribution < -0.4 is 5.32 Å². The number of carbonyl (C=O) groups is 1. The van der Waals surface area contributed by atoms with E-state index < -0.39 is 22.8 Å². The highest BCUT2D eigenvalue weighted by Crippen LogP contribution is 2.44. The van der Waals surface area contributed by atoms with Gasteiger partial charge in [-0.3, -0.25) is 14.9 Å². The van der Waals surface area contributed by atoms with Crippen LogP contribution in [-0.4, -0.2) is 21.9 Å². The van der Waals surface area contributed by atoms with Crippen molar-refractivity contribution in [2.24, 2.45) is 5.92 Å². The second-order valence-corrected chi connectivity index (χ2v) is 8.15. The van der Waals surface area contributed by atoms with Crippen LogP contribution in [-0.2, 0) is 4.79 Å². The van der Waals surface area contributed by atoms with E-state index in [1.54, 1.807) is 12.1 Å². The van der Waals surface area contributed by atoms with Gasteiger partial charge < -0.3 is 5.32 Å². The zero-order valence-electron chi connectivity index (χ0n) is 14.3. The van der Waals surface area contributed by atoms with Gasteiger partial charge in [0.1, 0.15) is 5.92 Å². The Morgan fingerprint density at radius 1 is 1.11 bits per heavy atom. The molecule has 1 fully saturated rings. The zero-order valence-corrected chi connectivity index (χ0v) is 16.6. The molecule has 0 spiro atoms. The third kappa shape index (κ3) is 3.61. The fraction of sp³-hybridized carbons (Fsp3) is 0.158. The molecule has 1 heterocycles. The van der Waals surface area contributed by atoms with Crippen LogP contribution >= 0.6 is 34.5 Å². The smallest absolute Gasteiger partial charge is 0.236 e. The molecule has 1 aliphatic carbocycles. The van der Waals surface area contributed by atoms with Crippen molar-refractivity contribution in [1.29, 1.82) is 0 Å². The molecule has 1 aliphatic rings. The molecule has 6 nitrogen and oxygen atoms in total. The first-order chi connectivity index (χ1) is 13.5. The number of thiazole rings is 1. The fourth-order valence-corrected chi connectivity index (χ4v) is 4.47. The van der Waals surface area contributed by atoms with Crippen molar-refractivity contribution in [1.82, 2.24) is 4.98 Å². The van der Waals surface area contributed by atoms with Crippen LogP contribution in [0.3, 0.4) is 0 Å². The van der Waals surface area contributed by atoms with Crippen molar-refractivity contribution in [3.63, 3.8) is 0 Å². The maximum Gasteiger partial charge on any atom is 0.236 e. The number of benzene rings is 2. The number of halogens is 2. The summed E-state index contributed by atoms with van der Waals surface area (Å²) in [5.74, 6) is -1.02. The molecule has 1 aromatic heterocycles. The lowest BCUT2D eigenvalue weighted by Crippen LogP contribution is -2.18. The van der Waals surface area contributed by atoms with E-state index in [2.05, 4.69) is 10.3 Å². The van der Waals surface area contributed by atoms with Crippen LogP contribution in [0.5, 0.6) is 0 Å². The highest BCUT2D eigenvalue weighted by atomic mass is 35.5. The maximum atomic E-state index is 12.3. The molecule has 1 saturated carbocycles. The van der Waals surface area contributed by atoms with E-state index in [1.165, 1.54) is 11.3 Å². The Bertz CT molecular complexity index is 1020. The number of amides is 1. The van der Waals surface area contributed by atoms with Gasteiger partial charge in [0.05, 0.1) is 15.6 Å². The van der Waals surface area contributed by atoms with Crippen molar-refractivity contribution in [2.45, 2.75) is 12.5 Å². The Kier molecular flexibility index (Phi) is 5.05. The molecule has 0 aliphatic heterocycles. The Morgan fingerprint density at radius 3 is 2.29 bits per heavy atom. The van der Waals surface area contributed by atoms with Gasteiger partial charge in [-0.2, -0.15) is 0 Å². The second kappa shape index (κ2) is 7.50. The van der Waals surface area contributed by atoms with Gasteiger partial charge >= 0.3 is 0 Å². The number of hydrogen-bond acceptors (Lipinski definition) is 5. The number of anilines is 1. The molecule has 3 aromatic rings. The standard InChI is InChI=1S/C19H13Cl2N3O3S/c20-13-7-3-1-5-10(13)16-17(11-6-2-4-8-14(11)21)28-19(22-16)23-18(25)12-9-15(12)24(26)27/h1-8,12,15H,9H2,(H,22,23,25). The molecule has 1 amide bonds. The quantitative estimate of drug-likeness (QED) is 0.431. The average Bonchev–Trinajstić information content (AvgIpc) is 3.38. The highest BCUT2D eigenvalue weighted by molar-refractivity contribution is 7.19. The monoisotopic (exact) mass is 433 g/mol. The van der Waals surface area contributed by atoms with Crippen molar-refractivity contribution >= 4 is 45.6 Å². The van der Waals surface area contributed by atoms with Gasteiger partial charge in [-0.15, -0.1) is 0 Å². The van der Waals surface area contributed by atoms with Crippen LogP contribution in [0.25, 0.3) is 21.7 Å². The Hall–Kier alpha value is -2.48. The lowest BCUT2D eigenvalue weighted by atomic mass is 10.1. The normalized spacial score (nSPS) is 17.9. The van der Waals surface area contributed by atoms with Gasteiger partial charge in [0, 0.05) is 27.5 Å². The number of nitrogens with zero attached hydrogens (tertiary/aromatic N) is 2.